The van der Waals surface area contributed by atoms with Gasteiger partial charge < -0.3 is 5.32 Å². The molecule has 0 aromatic heterocycles. The summed E-state index contributed by atoms with van der Waals surface area (Å²) in [5.41, 5.74) is 0. The molecule has 0 radical (unpaired) electrons. The van der Waals surface area contributed by atoms with Gasteiger partial charge in [-0.1, -0.05) is 22.4 Å². The van der Waals surface area contributed by atoms with Gasteiger partial charge in [0.2, 0.25) is 0 Å². The van der Waals surface area contributed by atoms with Crippen LogP contribution >= 0.6 is 15.9 Å². The number of halogens is 6. The maximum absolute atomic E-state index is 12.8. The van der Waals surface area contributed by atoms with Crippen LogP contribution in [0.2, 0.25) is 0 Å². The fourth-order valence-corrected chi connectivity index (χ4v) is 2.42. The van der Waals surface area contributed by atoms with Crippen molar-refractivity contribution in [1.29, 1.82) is 0 Å². The monoisotopic (exact) mass is 351 g/mol. The van der Waals surface area contributed by atoms with Crippen molar-refractivity contribution < 1.29 is 31.5 Å². The van der Waals surface area contributed by atoms with Crippen molar-refractivity contribution in [3.63, 3.8) is 0 Å². The number of carbonyl (C=O) groups is 2. The van der Waals surface area contributed by atoms with Crippen LogP contribution in [0.4, 0.5) is 22.0 Å². The van der Waals surface area contributed by atoms with Gasteiger partial charge in [0.15, 0.2) is 0 Å². The molecule has 2 unspecified atom stereocenters. The predicted molar refractivity (Wildman–Crippen MR) is 59.1 cm³/mol. The fraction of sp³-hybridized carbons (Fsp3) is 0.800. The number of ketones is 1. The number of alkyl halides is 6. The molecule has 3 nitrogen and oxygen atoms in total. The van der Waals surface area contributed by atoms with E-state index < -0.39 is 30.0 Å². The van der Waals surface area contributed by atoms with E-state index in [2.05, 4.69) is 15.9 Å². The van der Waals surface area contributed by atoms with Gasteiger partial charge in [0.25, 0.3) is 0 Å². The second-order valence-electron chi connectivity index (χ2n) is 4.29. The third kappa shape index (κ3) is 3.43. The van der Waals surface area contributed by atoms with Crippen LogP contribution in [0, 0.1) is 5.92 Å². The van der Waals surface area contributed by atoms with E-state index in [-0.39, 0.29) is 17.5 Å². The van der Waals surface area contributed by atoms with E-state index in [4.69, 9.17) is 0 Å². The number of Topliss-reactive ketones (excluding diaryl/α,β-unsaturated/α-hetero) is 1. The van der Waals surface area contributed by atoms with Crippen LogP contribution < -0.4 is 5.32 Å². The molecule has 0 aromatic rings. The number of hydrogen-bond donors (Lipinski definition) is 1. The Labute approximate surface area is 114 Å². The van der Waals surface area contributed by atoms with Crippen LogP contribution in [0.15, 0.2) is 0 Å². The standard InChI is InChI=1S/C10H11BrF5NO2/c11-4-7(18)5-2-1-3-6(5)17-8(19)9(12,13)10(14,15)16/h5-6H,1-4H2,(H,17,19). The summed E-state index contributed by atoms with van der Waals surface area (Å²) < 4.78 is 61.5. The Bertz CT molecular complexity index is 371. The van der Waals surface area contributed by atoms with E-state index in [1.807, 2.05) is 0 Å². The highest BCUT2D eigenvalue weighted by Crippen LogP contribution is 2.36. The van der Waals surface area contributed by atoms with Gasteiger partial charge >= 0.3 is 18.0 Å². The van der Waals surface area contributed by atoms with Crippen molar-refractivity contribution in [3.8, 4) is 0 Å². The zero-order valence-corrected chi connectivity index (χ0v) is 11.2. The van der Waals surface area contributed by atoms with Crippen LogP contribution in [0.1, 0.15) is 19.3 Å². The molecule has 0 saturated heterocycles. The largest absolute Gasteiger partial charge is 0.463 e. The Kier molecular flexibility index (Phi) is 4.91. The molecule has 1 aliphatic rings. The first kappa shape index (κ1) is 16.3. The third-order valence-corrected chi connectivity index (χ3v) is 3.57. The lowest BCUT2D eigenvalue weighted by Crippen LogP contribution is -2.54. The van der Waals surface area contributed by atoms with Gasteiger partial charge in [-0.05, 0) is 12.8 Å². The Hall–Kier alpha value is -0.730. The minimum Gasteiger partial charge on any atom is -0.347 e. The molecule has 0 bridgehead atoms. The highest BCUT2D eigenvalue weighted by atomic mass is 79.9. The van der Waals surface area contributed by atoms with E-state index in [1.165, 1.54) is 0 Å². The summed E-state index contributed by atoms with van der Waals surface area (Å²) in [7, 11) is 0. The first-order valence-electron chi connectivity index (χ1n) is 5.45. The zero-order valence-electron chi connectivity index (χ0n) is 9.57. The van der Waals surface area contributed by atoms with E-state index >= 15 is 0 Å². The second kappa shape index (κ2) is 5.72. The van der Waals surface area contributed by atoms with Crippen molar-refractivity contribution in [2.75, 3.05) is 5.33 Å². The molecule has 1 fully saturated rings. The minimum absolute atomic E-state index is 0.0281. The smallest absolute Gasteiger partial charge is 0.347 e. The summed E-state index contributed by atoms with van der Waals surface area (Å²) in [6, 6.07) is -0.967. The van der Waals surface area contributed by atoms with Gasteiger partial charge in [-0.25, -0.2) is 0 Å². The predicted octanol–water partition coefficient (Wildman–Crippen LogP) is 2.43. The van der Waals surface area contributed by atoms with Crippen molar-refractivity contribution in [3.05, 3.63) is 0 Å². The SMILES string of the molecule is O=C(CBr)C1CCCC1NC(=O)C(F)(F)C(F)(F)F. The molecule has 2 atom stereocenters. The molecule has 1 rings (SSSR count). The van der Waals surface area contributed by atoms with Crippen LogP contribution in [0.3, 0.4) is 0 Å². The molecule has 1 amide bonds. The lowest BCUT2D eigenvalue weighted by molar-refractivity contribution is -0.270. The van der Waals surface area contributed by atoms with Crippen LogP contribution in [-0.4, -0.2) is 35.2 Å². The average Bonchev–Trinajstić information content (AvgIpc) is 2.74. The first-order valence-corrected chi connectivity index (χ1v) is 6.57. The Morgan fingerprint density at radius 3 is 2.21 bits per heavy atom. The molecule has 0 aliphatic heterocycles. The molecule has 9 heteroatoms. The summed E-state index contributed by atoms with van der Waals surface area (Å²) in [4.78, 5) is 22.5. The molecule has 0 heterocycles. The molecule has 0 spiro atoms. The van der Waals surface area contributed by atoms with Crippen molar-refractivity contribution >= 4 is 27.6 Å². The number of hydrogen-bond acceptors (Lipinski definition) is 2. The molecule has 110 valence electrons. The van der Waals surface area contributed by atoms with E-state index in [0.717, 1.165) is 0 Å². The average molecular weight is 352 g/mol. The van der Waals surface area contributed by atoms with Crippen LogP contribution in [0.5, 0.6) is 0 Å². The van der Waals surface area contributed by atoms with E-state index in [9.17, 15) is 31.5 Å². The maximum atomic E-state index is 12.8. The quantitative estimate of drug-likeness (QED) is 0.624. The molecule has 0 aromatic carbocycles. The number of nitrogens with one attached hydrogen (secondary N) is 1. The van der Waals surface area contributed by atoms with Gasteiger partial charge in [0.1, 0.15) is 5.78 Å². The summed E-state index contributed by atoms with van der Waals surface area (Å²) in [5, 5.41) is 1.61. The molecular formula is C10H11BrF5NO2. The maximum Gasteiger partial charge on any atom is 0.463 e. The number of amides is 1. The lowest BCUT2D eigenvalue weighted by Gasteiger charge is -2.24. The van der Waals surface area contributed by atoms with Crippen molar-refractivity contribution in [2.24, 2.45) is 5.92 Å². The van der Waals surface area contributed by atoms with Gasteiger partial charge in [-0.3, -0.25) is 9.59 Å². The second-order valence-corrected chi connectivity index (χ2v) is 4.85. The lowest BCUT2D eigenvalue weighted by atomic mass is 9.99. The first-order chi connectivity index (χ1) is 8.61. The molecule has 1 aliphatic carbocycles. The topological polar surface area (TPSA) is 46.2 Å². The third-order valence-electron chi connectivity index (χ3n) is 3.02. The molecule has 1 N–H and O–H groups in total. The van der Waals surface area contributed by atoms with Gasteiger partial charge in [0, 0.05) is 12.0 Å². The minimum atomic E-state index is -5.94. The van der Waals surface area contributed by atoms with Gasteiger partial charge in [0.05, 0.1) is 5.33 Å². The molecule has 19 heavy (non-hydrogen) atoms. The van der Waals surface area contributed by atoms with Gasteiger partial charge in [-0.2, -0.15) is 22.0 Å². The van der Waals surface area contributed by atoms with Crippen molar-refractivity contribution in [1.82, 2.24) is 5.32 Å². The van der Waals surface area contributed by atoms with Crippen LogP contribution in [0.25, 0.3) is 0 Å². The summed E-state index contributed by atoms with van der Waals surface area (Å²) in [6.07, 6.45) is -4.87. The van der Waals surface area contributed by atoms with E-state index in [0.29, 0.717) is 12.8 Å². The van der Waals surface area contributed by atoms with Gasteiger partial charge in [-0.15, -0.1) is 0 Å². The Morgan fingerprint density at radius 2 is 1.74 bits per heavy atom. The van der Waals surface area contributed by atoms with E-state index in [1.54, 1.807) is 5.32 Å². The number of carbonyl (C=O) groups excluding carboxylic acids is 2. The fourth-order valence-electron chi connectivity index (χ4n) is 2.01. The van der Waals surface area contributed by atoms with Crippen LogP contribution in [-0.2, 0) is 9.59 Å². The normalized spacial score (nSPS) is 24.3. The summed E-state index contributed by atoms with van der Waals surface area (Å²) >= 11 is 2.90. The zero-order chi connectivity index (χ0) is 14.8. The van der Waals surface area contributed by atoms with Crippen molar-refractivity contribution in [2.45, 2.75) is 37.4 Å². The highest BCUT2D eigenvalue weighted by Gasteiger charge is 2.63. The Morgan fingerprint density at radius 1 is 1.16 bits per heavy atom. The molecule has 1 saturated carbocycles. The summed E-state index contributed by atoms with van der Waals surface area (Å²) in [6.45, 7) is 0. The molecular weight excluding hydrogens is 341 g/mol. The Balaban J connectivity index is 2.74. The summed E-state index contributed by atoms with van der Waals surface area (Å²) in [5.74, 6) is -8.89. The highest BCUT2D eigenvalue weighted by molar-refractivity contribution is 9.09. The number of rotatable bonds is 4.